The zero-order valence-corrected chi connectivity index (χ0v) is 13.1. The minimum atomic E-state index is -0.773. The van der Waals surface area contributed by atoms with E-state index in [0.29, 0.717) is 6.42 Å². The van der Waals surface area contributed by atoms with Gasteiger partial charge in [0.15, 0.2) is 0 Å². The number of hydrogen-bond donors (Lipinski definition) is 2. The van der Waals surface area contributed by atoms with Crippen molar-refractivity contribution in [3.05, 3.63) is 35.9 Å². The van der Waals surface area contributed by atoms with Gasteiger partial charge in [-0.2, -0.15) is 0 Å². The van der Waals surface area contributed by atoms with Crippen LogP contribution >= 0.6 is 0 Å². The van der Waals surface area contributed by atoms with Crippen LogP contribution in [0.3, 0.4) is 0 Å². The maximum Gasteiger partial charge on any atom is 0.242 e. The van der Waals surface area contributed by atoms with Crippen molar-refractivity contribution in [2.45, 2.75) is 31.7 Å². The van der Waals surface area contributed by atoms with Gasteiger partial charge in [-0.15, -0.1) is 0 Å². The summed E-state index contributed by atoms with van der Waals surface area (Å²) in [5.74, 6) is 0.516. The summed E-state index contributed by atoms with van der Waals surface area (Å²) in [6, 6.07) is 9.80. The minimum Gasteiger partial charge on any atom is -0.368 e. The molecule has 1 saturated heterocycles. The fourth-order valence-electron chi connectivity index (χ4n) is 3.14. The zero-order valence-electron chi connectivity index (χ0n) is 13.1. The van der Waals surface area contributed by atoms with Gasteiger partial charge < -0.3 is 16.0 Å². The number of nitrogens with two attached hydrogens (primary N) is 1. The van der Waals surface area contributed by atoms with E-state index in [-0.39, 0.29) is 5.91 Å². The van der Waals surface area contributed by atoms with E-state index in [2.05, 4.69) is 17.1 Å². The molecule has 4 heteroatoms. The van der Waals surface area contributed by atoms with E-state index >= 15 is 0 Å². The molecule has 1 heterocycles. The lowest BCUT2D eigenvalue weighted by molar-refractivity contribution is -0.125. The van der Waals surface area contributed by atoms with Crippen LogP contribution in [0.2, 0.25) is 0 Å². The number of nitrogens with one attached hydrogen (secondary N) is 1. The number of likely N-dealkylation sites (tertiary alicyclic amines) is 1. The number of likely N-dealkylation sites (N-methyl/N-ethyl adjacent to an activating group) is 1. The number of carbonyl (C=O) groups is 1. The van der Waals surface area contributed by atoms with Crippen molar-refractivity contribution in [3.8, 4) is 0 Å². The SMILES string of the molecule is CNC(CCN1CCC(C)CC1)(C(N)=O)c1ccccc1. The molecule has 1 aliphatic rings. The summed E-state index contributed by atoms with van der Waals surface area (Å²) >= 11 is 0. The molecule has 1 aromatic rings. The van der Waals surface area contributed by atoms with Crippen LogP contribution in [0.25, 0.3) is 0 Å². The van der Waals surface area contributed by atoms with E-state index in [0.717, 1.165) is 31.1 Å². The number of nitrogens with zero attached hydrogens (tertiary/aromatic N) is 1. The van der Waals surface area contributed by atoms with Crippen LogP contribution in [-0.4, -0.2) is 37.5 Å². The summed E-state index contributed by atoms with van der Waals surface area (Å²) in [5, 5.41) is 3.18. The Kier molecular flexibility index (Phi) is 5.37. The van der Waals surface area contributed by atoms with E-state index in [1.807, 2.05) is 37.4 Å². The van der Waals surface area contributed by atoms with Crippen molar-refractivity contribution in [2.75, 3.05) is 26.7 Å². The summed E-state index contributed by atoms with van der Waals surface area (Å²) in [4.78, 5) is 14.6. The quantitative estimate of drug-likeness (QED) is 0.838. The number of hydrogen-bond acceptors (Lipinski definition) is 3. The van der Waals surface area contributed by atoms with Gasteiger partial charge in [0.25, 0.3) is 0 Å². The maximum absolute atomic E-state index is 12.1. The first-order valence-corrected chi connectivity index (χ1v) is 7.85. The molecule has 1 aromatic carbocycles. The van der Waals surface area contributed by atoms with Crippen LogP contribution in [0.15, 0.2) is 30.3 Å². The molecule has 0 aliphatic carbocycles. The molecule has 0 radical (unpaired) electrons. The fraction of sp³-hybridized carbons (Fsp3) is 0.588. The Morgan fingerprint density at radius 3 is 2.48 bits per heavy atom. The van der Waals surface area contributed by atoms with Crippen LogP contribution in [-0.2, 0) is 10.3 Å². The van der Waals surface area contributed by atoms with Gasteiger partial charge in [0.2, 0.25) is 5.91 Å². The number of carbonyl (C=O) groups excluding carboxylic acids is 1. The van der Waals surface area contributed by atoms with E-state index in [1.54, 1.807) is 0 Å². The van der Waals surface area contributed by atoms with Gasteiger partial charge in [-0.3, -0.25) is 4.79 Å². The Labute approximate surface area is 127 Å². The van der Waals surface area contributed by atoms with Crippen molar-refractivity contribution in [1.29, 1.82) is 0 Å². The molecule has 1 unspecified atom stereocenters. The predicted octanol–water partition coefficient (Wildman–Crippen LogP) is 1.71. The smallest absolute Gasteiger partial charge is 0.242 e. The number of rotatable bonds is 6. The van der Waals surface area contributed by atoms with Crippen LogP contribution in [0.4, 0.5) is 0 Å². The first kappa shape index (κ1) is 16.0. The van der Waals surface area contributed by atoms with Crippen LogP contribution in [0.5, 0.6) is 0 Å². The van der Waals surface area contributed by atoms with Gasteiger partial charge in [-0.05, 0) is 50.9 Å². The number of primary amides is 1. The highest BCUT2D eigenvalue weighted by Gasteiger charge is 2.37. The molecule has 0 bridgehead atoms. The van der Waals surface area contributed by atoms with Gasteiger partial charge in [0, 0.05) is 6.54 Å². The predicted molar refractivity (Wildman–Crippen MR) is 85.8 cm³/mol. The average molecular weight is 289 g/mol. The molecule has 4 nitrogen and oxygen atoms in total. The standard InChI is InChI=1S/C17H27N3O/c1-14-8-11-20(12-9-14)13-10-17(19-2,16(18)21)15-6-4-3-5-7-15/h3-7,14,19H,8-13H2,1-2H3,(H2,18,21). The molecule has 1 aliphatic heterocycles. The third-order valence-electron chi connectivity index (χ3n) is 4.79. The first-order valence-electron chi connectivity index (χ1n) is 7.85. The number of amides is 1. The summed E-state index contributed by atoms with van der Waals surface area (Å²) < 4.78 is 0. The topological polar surface area (TPSA) is 58.4 Å². The lowest BCUT2D eigenvalue weighted by Crippen LogP contribution is -2.53. The molecule has 0 spiro atoms. The van der Waals surface area contributed by atoms with E-state index in [1.165, 1.54) is 12.8 Å². The number of piperidine rings is 1. The molecule has 2 rings (SSSR count). The Morgan fingerprint density at radius 1 is 1.33 bits per heavy atom. The first-order chi connectivity index (χ1) is 10.1. The third-order valence-corrected chi connectivity index (χ3v) is 4.79. The normalized spacial score (nSPS) is 20.1. The molecule has 21 heavy (non-hydrogen) atoms. The zero-order chi connectivity index (χ0) is 15.3. The second-order valence-corrected chi connectivity index (χ2v) is 6.16. The number of benzene rings is 1. The molecular formula is C17H27N3O. The summed E-state index contributed by atoms with van der Waals surface area (Å²) in [7, 11) is 1.82. The van der Waals surface area contributed by atoms with Crippen LogP contribution < -0.4 is 11.1 Å². The molecule has 3 N–H and O–H groups in total. The average Bonchev–Trinajstić information content (AvgIpc) is 2.51. The van der Waals surface area contributed by atoms with Crippen LogP contribution in [0.1, 0.15) is 31.7 Å². The third kappa shape index (κ3) is 3.63. The minimum absolute atomic E-state index is 0.304. The summed E-state index contributed by atoms with van der Waals surface area (Å²) in [5.41, 5.74) is 5.91. The van der Waals surface area contributed by atoms with Gasteiger partial charge in [0.05, 0.1) is 0 Å². The highest BCUT2D eigenvalue weighted by molar-refractivity contribution is 5.86. The molecule has 0 saturated carbocycles. The van der Waals surface area contributed by atoms with Crippen molar-refractivity contribution in [2.24, 2.45) is 11.7 Å². The lowest BCUT2D eigenvalue weighted by atomic mass is 9.85. The molecular weight excluding hydrogens is 262 g/mol. The molecule has 1 amide bonds. The fourth-order valence-corrected chi connectivity index (χ4v) is 3.14. The maximum atomic E-state index is 12.1. The Morgan fingerprint density at radius 2 is 1.95 bits per heavy atom. The molecule has 1 atom stereocenters. The van der Waals surface area contributed by atoms with Gasteiger partial charge >= 0.3 is 0 Å². The van der Waals surface area contributed by atoms with Crippen molar-refractivity contribution < 1.29 is 4.79 Å². The lowest BCUT2D eigenvalue weighted by Gasteiger charge is -2.35. The highest BCUT2D eigenvalue weighted by Crippen LogP contribution is 2.26. The molecule has 116 valence electrons. The van der Waals surface area contributed by atoms with Crippen LogP contribution in [0, 0.1) is 5.92 Å². The van der Waals surface area contributed by atoms with Gasteiger partial charge in [-0.25, -0.2) is 0 Å². The van der Waals surface area contributed by atoms with E-state index in [4.69, 9.17) is 5.73 Å². The monoisotopic (exact) mass is 289 g/mol. The molecule has 0 aromatic heterocycles. The van der Waals surface area contributed by atoms with Crippen molar-refractivity contribution in [1.82, 2.24) is 10.2 Å². The Hall–Kier alpha value is -1.39. The van der Waals surface area contributed by atoms with E-state index < -0.39 is 5.54 Å². The summed E-state index contributed by atoms with van der Waals surface area (Å²) in [6.45, 7) is 5.44. The van der Waals surface area contributed by atoms with Gasteiger partial charge in [-0.1, -0.05) is 37.3 Å². The summed E-state index contributed by atoms with van der Waals surface area (Å²) in [6.07, 6.45) is 3.19. The van der Waals surface area contributed by atoms with Crippen molar-refractivity contribution in [3.63, 3.8) is 0 Å². The second-order valence-electron chi connectivity index (χ2n) is 6.16. The molecule has 1 fully saturated rings. The Balaban J connectivity index is 2.09. The van der Waals surface area contributed by atoms with Gasteiger partial charge in [0.1, 0.15) is 5.54 Å². The Bertz CT molecular complexity index is 454. The highest BCUT2D eigenvalue weighted by atomic mass is 16.1. The van der Waals surface area contributed by atoms with E-state index in [9.17, 15) is 4.79 Å². The largest absolute Gasteiger partial charge is 0.368 e. The second kappa shape index (κ2) is 7.05. The van der Waals surface area contributed by atoms with Crippen molar-refractivity contribution >= 4 is 5.91 Å².